The number of hydrogen-bond acceptors (Lipinski definition) is 8. The van der Waals surface area contributed by atoms with Gasteiger partial charge in [-0.2, -0.15) is 4.90 Å². The molecule has 0 radical (unpaired) electrons. The molecule has 1 aromatic carbocycles. The molecule has 0 aliphatic carbocycles. The smallest absolute Gasteiger partial charge is 0.424 e. The summed E-state index contributed by atoms with van der Waals surface area (Å²) >= 11 is 4.72. The van der Waals surface area contributed by atoms with Gasteiger partial charge in [0.25, 0.3) is 17.5 Å². The molecule has 0 spiro atoms. The largest absolute Gasteiger partial charge is 0.454 e. The van der Waals surface area contributed by atoms with Gasteiger partial charge in [-0.15, -0.1) is 0 Å². The topological polar surface area (TPSA) is 133 Å². The van der Waals surface area contributed by atoms with Crippen LogP contribution in [0.15, 0.2) is 18.2 Å². The molecule has 11 heteroatoms. The van der Waals surface area contributed by atoms with Gasteiger partial charge in [0, 0.05) is 23.7 Å². The fourth-order valence-corrected chi connectivity index (χ4v) is 1.92. The number of nitro benzene ring substituents is 1. The molecule has 0 N–H and O–H groups in total. The lowest BCUT2D eigenvalue weighted by atomic mass is 10.1. The van der Waals surface area contributed by atoms with E-state index in [4.69, 9.17) is 11.6 Å². The number of nitrogens with zero attached hydrogens (tertiary/aromatic N) is 2. The highest BCUT2D eigenvalue weighted by Crippen LogP contribution is 2.27. The molecular formula is C14H13ClN2O8. The zero-order valence-corrected chi connectivity index (χ0v) is 13.9. The minimum atomic E-state index is -1.09. The molecule has 25 heavy (non-hydrogen) atoms. The zero-order chi connectivity index (χ0) is 19.1. The van der Waals surface area contributed by atoms with Crippen LogP contribution in [-0.4, -0.2) is 46.4 Å². The van der Waals surface area contributed by atoms with Gasteiger partial charge < -0.3 is 9.47 Å². The minimum Gasteiger partial charge on any atom is -0.454 e. The first kappa shape index (κ1) is 20.0. The highest BCUT2D eigenvalue weighted by atomic mass is 35.5. The number of ether oxygens (including phenoxy) is 2. The van der Waals surface area contributed by atoms with Gasteiger partial charge in [-0.05, 0) is 19.9 Å². The third-order valence-corrected chi connectivity index (χ3v) is 2.90. The van der Waals surface area contributed by atoms with E-state index >= 15 is 0 Å². The first-order valence-corrected chi connectivity index (χ1v) is 7.28. The predicted octanol–water partition coefficient (Wildman–Crippen LogP) is 2.73. The van der Waals surface area contributed by atoms with Crippen LogP contribution < -0.4 is 0 Å². The maximum atomic E-state index is 11.9. The molecule has 0 saturated carbocycles. The Labute approximate surface area is 146 Å². The van der Waals surface area contributed by atoms with Crippen molar-refractivity contribution in [2.45, 2.75) is 13.8 Å². The highest BCUT2D eigenvalue weighted by molar-refractivity contribution is 6.61. The number of non-ortho nitro benzene ring substituents is 1. The highest BCUT2D eigenvalue weighted by Gasteiger charge is 2.41. The first-order chi connectivity index (χ1) is 11.7. The van der Waals surface area contributed by atoms with E-state index in [0.29, 0.717) is 11.5 Å². The number of imide groups is 3. The van der Waals surface area contributed by atoms with Gasteiger partial charge in [0.15, 0.2) is 0 Å². The molecule has 2 rings (SSSR count). The van der Waals surface area contributed by atoms with Crippen molar-refractivity contribution in [1.82, 2.24) is 4.90 Å². The molecular weight excluding hydrogens is 360 g/mol. The van der Waals surface area contributed by atoms with Gasteiger partial charge in [-0.3, -0.25) is 19.7 Å². The molecule has 1 heterocycles. The van der Waals surface area contributed by atoms with Crippen molar-refractivity contribution < 1.29 is 33.6 Å². The Balaban J connectivity index is 0.000000450. The van der Waals surface area contributed by atoms with Crippen LogP contribution in [-0.2, 0) is 9.47 Å². The van der Waals surface area contributed by atoms with Gasteiger partial charge in [0.05, 0.1) is 29.3 Å². The van der Waals surface area contributed by atoms with Crippen LogP contribution in [0.4, 0.5) is 15.3 Å². The molecule has 0 fully saturated rings. The van der Waals surface area contributed by atoms with Gasteiger partial charge in [-0.25, -0.2) is 9.59 Å². The van der Waals surface area contributed by atoms with Crippen LogP contribution in [0, 0.1) is 10.1 Å². The lowest BCUT2D eigenvalue weighted by Crippen LogP contribution is -2.36. The van der Waals surface area contributed by atoms with Crippen LogP contribution in [0.1, 0.15) is 34.6 Å². The molecule has 3 amide bonds. The number of benzene rings is 1. The van der Waals surface area contributed by atoms with Crippen molar-refractivity contribution in [2.24, 2.45) is 0 Å². The third kappa shape index (κ3) is 4.73. The van der Waals surface area contributed by atoms with Crippen molar-refractivity contribution in [2.75, 3.05) is 13.2 Å². The van der Waals surface area contributed by atoms with Crippen LogP contribution in [0.2, 0.25) is 0 Å². The summed E-state index contributed by atoms with van der Waals surface area (Å²) in [6, 6.07) is 3.21. The predicted molar refractivity (Wildman–Crippen MR) is 83.5 cm³/mol. The fourth-order valence-electron chi connectivity index (χ4n) is 1.81. The maximum Gasteiger partial charge on any atom is 0.424 e. The Hall–Kier alpha value is -3.01. The summed E-state index contributed by atoms with van der Waals surface area (Å²) in [4.78, 5) is 55.0. The molecule has 1 aliphatic heterocycles. The summed E-state index contributed by atoms with van der Waals surface area (Å²) in [5, 5.41) is 10.6. The Bertz CT molecular complexity index is 734. The number of rotatable bonds is 3. The normalized spacial score (nSPS) is 12.0. The van der Waals surface area contributed by atoms with Gasteiger partial charge in [0.2, 0.25) is 0 Å². The molecule has 0 unspecified atom stereocenters. The van der Waals surface area contributed by atoms with Crippen molar-refractivity contribution in [1.29, 1.82) is 0 Å². The average molecular weight is 373 g/mol. The minimum absolute atomic E-state index is 0.00634. The summed E-state index contributed by atoms with van der Waals surface area (Å²) < 4.78 is 8.76. The summed E-state index contributed by atoms with van der Waals surface area (Å²) in [6.45, 7) is 3.58. The Kier molecular flexibility index (Phi) is 7.00. The molecule has 134 valence electrons. The third-order valence-electron chi connectivity index (χ3n) is 2.79. The molecule has 1 aliphatic rings. The second-order valence-corrected chi connectivity index (χ2v) is 4.61. The van der Waals surface area contributed by atoms with Crippen molar-refractivity contribution in [3.63, 3.8) is 0 Å². The Morgan fingerprint density at radius 1 is 1.12 bits per heavy atom. The Morgan fingerprint density at radius 3 is 2.12 bits per heavy atom. The summed E-state index contributed by atoms with van der Waals surface area (Å²) in [5.41, 5.74) is -1.29. The quantitative estimate of drug-likeness (QED) is 0.342. The average Bonchev–Trinajstić information content (AvgIpc) is 2.79. The van der Waals surface area contributed by atoms with E-state index < -0.39 is 28.3 Å². The molecule has 0 aromatic heterocycles. The monoisotopic (exact) mass is 372 g/mol. The molecule has 1 aromatic rings. The van der Waals surface area contributed by atoms with Gasteiger partial charge >= 0.3 is 11.5 Å². The summed E-state index contributed by atoms with van der Waals surface area (Å²) in [5.74, 6) is -1.75. The van der Waals surface area contributed by atoms with Crippen LogP contribution in [0.3, 0.4) is 0 Å². The standard InChI is InChI=1S/C11H8N2O6.C3H5ClO2/c1-2-19-11(16)12-9(14)7-4-3-6(13(17)18)5-8(7)10(12)15;1-2-6-3(4)5/h3-5H,2H2,1H3;2H2,1H3. The second-order valence-electron chi connectivity index (χ2n) is 4.30. The first-order valence-electron chi connectivity index (χ1n) is 6.90. The van der Waals surface area contributed by atoms with E-state index in [1.165, 1.54) is 6.92 Å². The second kappa shape index (κ2) is 8.73. The van der Waals surface area contributed by atoms with Crippen LogP contribution in [0.25, 0.3) is 0 Å². The molecule has 0 saturated heterocycles. The number of nitro groups is 1. The molecule has 10 nitrogen and oxygen atoms in total. The number of fused-ring (bicyclic) bond motifs is 1. The number of carbonyl (C=O) groups is 4. The maximum absolute atomic E-state index is 11.9. The van der Waals surface area contributed by atoms with E-state index in [2.05, 4.69) is 9.47 Å². The molecule has 0 atom stereocenters. The zero-order valence-electron chi connectivity index (χ0n) is 13.2. The van der Waals surface area contributed by atoms with Crippen molar-refractivity contribution in [3.05, 3.63) is 39.4 Å². The number of hydrogen-bond donors (Lipinski definition) is 0. The number of amides is 3. The Morgan fingerprint density at radius 2 is 1.68 bits per heavy atom. The van der Waals surface area contributed by atoms with E-state index in [1.54, 1.807) is 6.92 Å². The summed E-state index contributed by atoms with van der Waals surface area (Å²) in [7, 11) is 0. The molecule has 0 bridgehead atoms. The van der Waals surface area contributed by atoms with Crippen molar-refractivity contribution in [3.8, 4) is 0 Å². The van der Waals surface area contributed by atoms with Gasteiger partial charge in [-0.1, -0.05) is 0 Å². The van der Waals surface area contributed by atoms with E-state index in [1.807, 2.05) is 0 Å². The van der Waals surface area contributed by atoms with Crippen LogP contribution in [0.5, 0.6) is 0 Å². The fraction of sp³-hybridized carbons (Fsp3) is 0.286. The summed E-state index contributed by atoms with van der Waals surface area (Å²) in [6.07, 6.45) is -1.09. The number of carbonyl (C=O) groups excluding carboxylic acids is 4. The lowest BCUT2D eigenvalue weighted by Gasteiger charge is -2.10. The van der Waals surface area contributed by atoms with Gasteiger partial charge in [0.1, 0.15) is 0 Å². The van der Waals surface area contributed by atoms with E-state index in [9.17, 15) is 29.3 Å². The van der Waals surface area contributed by atoms with Crippen molar-refractivity contribution >= 4 is 40.6 Å². The number of halogens is 1. The van der Waals surface area contributed by atoms with E-state index in [-0.39, 0.29) is 23.4 Å². The SMILES string of the molecule is CCOC(=O)Cl.CCOC(=O)N1C(=O)c2ccc([N+](=O)[O-])cc2C1=O. The van der Waals surface area contributed by atoms with E-state index in [0.717, 1.165) is 18.2 Å². The lowest BCUT2D eigenvalue weighted by molar-refractivity contribution is -0.384. The van der Waals surface area contributed by atoms with Crippen LogP contribution >= 0.6 is 11.6 Å².